The standard InChI is InChI=1S/C12H11F3N2/c1-3-7-5(2)12(16)9-8(17-7)4-6(13)10(14)11(9)15/h4H,3H2,1-2H3,(H2,16,17). The molecule has 0 spiro atoms. The number of nitrogen functional groups attached to an aromatic ring is 1. The summed E-state index contributed by atoms with van der Waals surface area (Å²) in [5.74, 6) is -4.06. The number of anilines is 1. The Kier molecular flexibility index (Phi) is 2.69. The second kappa shape index (κ2) is 3.91. The van der Waals surface area contributed by atoms with Crippen molar-refractivity contribution in [2.24, 2.45) is 0 Å². The minimum Gasteiger partial charge on any atom is -0.398 e. The van der Waals surface area contributed by atoms with Gasteiger partial charge in [0.2, 0.25) is 0 Å². The van der Waals surface area contributed by atoms with Gasteiger partial charge in [-0.05, 0) is 18.9 Å². The fourth-order valence-corrected chi connectivity index (χ4v) is 1.84. The molecule has 0 saturated heterocycles. The molecule has 5 heteroatoms. The third kappa shape index (κ3) is 1.62. The van der Waals surface area contributed by atoms with E-state index in [-0.39, 0.29) is 16.6 Å². The predicted molar refractivity (Wildman–Crippen MR) is 60.1 cm³/mol. The first-order valence-electron chi connectivity index (χ1n) is 5.19. The van der Waals surface area contributed by atoms with Crippen molar-refractivity contribution in [3.8, 4) is 0 Å². The van der Waals surface area contributed by atoms with Crippen LogP contribution in [0, 0.1) is 24.4 Å². The summed E-state index contributed by atoms with van der Waals surface area (Å²) < 4.78 is 39.8. The van der Waals surface area contributed by atoms with Crippen molar-refractivity contribution < 1.29 is 13.2 Å². The Morgan fingerprint density at radius 2 is 1.88 bits per heavy atom. The summed E-state index contributed by atoms with van der Waals surface area (Å²) in [5.41, 5.74) is 7.16. The van der Waals surface area contributed by atoms with Crippen LogP contribution in [-0.2, 0) is 6.42 Å². The van der Waals surface area contributed by atoms with Crippen molar-refractivity contribution in [1.29, 1.82) is 0 Å². The summed E-state index contributed by atoms with van der Waals surface area (Å²) in [6.07, 6.45) is 0.590. The molecule has 0 bridgehead atoms. The molecule has 0 atom stereocenters. The number of hydrogen-bond acceptors (Lipinski definition) is 2. The van der Waals surface area contributed by atoms with Crippen molar-refractivity contribution in [3.05, 3.63) is 34.8 Å². The van der Waals surface area contributed by atoms with Gasteiger partial charge in [-0.2, -0.15) is 0 Å². The number of rotatable bonds is 1. The Hall–Kier alpha value is -1.78. The van der Waals surface area contributed by atoms with Crippen LogP contribution in [0.15, 0.2) is 6.07 Å². The highest BCUT2D eigenvalue weighted by Gasteiger charge is 2.18. The van der Waals surface area contributed by atoms with Crippen molar-refractivity contribution in [1.82, 2.24) is 4.98 Å². The van der Waals surface area contributed by atoms with E-state index >= 15 is 0 Å². The van der Waals surface area contributed by atoms with Crippen LogP contribution < -0.4 is 5.73 Å². The topological polar surface area (TPSA) is 38.9 Å². The van der Waals surface area contributed by atoms with Gasteiger partial charge in [0.05, 0.1) is 10.9 Å². The van der Waals surface area contributed by atoms with Gasteiger partial charge in [0.1, 0.15) is 0 Å². The van der Waals surface area contributed by atoms with Gasteiger partial charge in [-0.3, -0.25) is 4.98 Å². The normalized spacial score (nSPS) is 11.1. The molecule has 2 N–H and O–H groups in total. The smallest absolute Gasteiger partial charge is 0.195 e. The number of benzene rings is 1. The van der Waals surface area contributed by atoms with Crippen LogP contribution >= 0.6 is 0 Å². The van der Waals surface area contributed by atoms with Gasteiger partial charge < -0.3 is 5.73 Å². The van der Waals surface area contributed by atoms with Gasteiger partial charge in [-0.1, -0.05) is 6.92 Å². The van der Waals surface area contributed by atoms with Gasteiger partial charge in [-0.15, -0.1) is 0 Å². The highest BCUT2D eigenvalue weighted by atomic mass is 19.2. The maximum absolute atomic E-state index is 13.6. The lowest BCUT2D eigenvalue weighted by atomic mass is 10.1. The van der Waals surface area contributed by atoms with Gasteiger partial charge in [-0.25, -0.2) is 13.2 Å². The minimum absolute atomic E-state index is 0.0429. The Morgan fingerprint density at radius 3 is 2.47 bits per heavy atom. The molecule has 0 amide bonds. The van der Waals surface area contributed by atoms with Crippen LogP contribution in [-0.4, -0.2) is 4.98 Å². The molecule has 2 nitrogen and oxygen atoms in total. The summed E-state index contributed by atoms with van der Waals surface area (Å²) in [5, 5.41) is -0.154. The van der Waals surface area contributed by atoms with Crippen LogP contribution in [0.1, 0.15) is 18.2 Å². The Balaban J connectivity index is 2.97. The van der Waals surface area contributed by atoms with E-state index in [0.29, 0.717) is 17.7 Å². The lowest BCUT2D eigenvalue weighted by Gasteiger charge is -2.11. The molecule has 1 heterocycles. The summed E-state index contributed by atoms with van der Waals surface area (Å²) >= 11 is 0. The van der Waals surface area contributed by atoms with Gasteiger partial charge in [0.15, 0.2) is 17.5 Å². The number of fused-ring (bicyclic) bond motifs is 1. The Morgan fingerprint density at radius 1 is 1.24 bits per heavy atom. The average molecular weight is 240 g/mol. The fourth-order valence-electron chi connectivity index (χ4n) is 1.84. The molecule has 1 aromatic carbocycles. The van der Waals surface area contributed by atoms with E-state index in [0.717, 1.165) is 6.07 Å². The lowest BCUT2D eigenvalue weighted by Crippen LogP contribution is -2.04. The molecular weight excluding hydrogens is 229 g/mol. The molecule has 17 heavy (non-hydrogen) atoms. The SMILES string of the molecule is CCc1nc2cc(F)c(F)c(F)c2c(N)c1C. The highest BCUT2D eigenvalue weighted by Crippen LogP contribution is 2.30. The van der Waals surface area contributed by atoms with E-state index in [1.165, 1.54) is 0 Å². The molecule has 2 rings (SSSR count). The Bertz CT molecular complexity index is 609. The van der Waals surface area contributed by atoms with Crippen molar-refractivity contribution in [2.45, 2.75) is 20.3 Å². The van der Waals surface area contributed by atoms with E-state index in [2.05, 4.69) is 4.98 Å². The number of hydrogen-bond donors (Lipinski definition) is 1. The molecule has 0 aliphatic heterocycles. The van der Waals surface area contributed by atoms with E-state index < -0.39 is 17.5 Å². The highest BCUT2D eigenvalue weighted by molar-refractivity contribution is 5.92. The van der Waals surface area contributed by atoms with Crippen molar-refractivity contribution >= 4 is 16.6 Å². The van der Waals surface area contributed by atoms with Crippen molar-refractivity contribution in [2.75, 3.05) is 5.73 Å². The van der Waals surface area contributed by atoms with Crippen LogP contribution in [0.25, 0.3) is 10.9 Å². The molecule has 0 fully saturated rings. The largest absolute Gasteiger partial charge is 0.398 e. The van der Waals surface area contributed by atoms with E-state index in [4.69, 9.17) is 5.73 Å². The van der Waals surface area contributed by atoms with E-state index in [1.54, 1.807) is 6.92 Å². The first-order valence-corrected chi connectivity index (χ1v) is 5.19. The number of nitrogens with two attached hydrogens (primary N) is 1. The van der Waals surface area contributed by atoms with Crippen LogP contribution in [0.4, 0.5) is 18.9 Å². The summed E-state index contributed by atoms with van der Waals surface area (Å²) in [6.45, 7) is 3.54. The van der Waals surface area contributed by atoms with Crippen LogP contribution in [0.2, 0.25) is 0 Å². The lowest BCUT2D eigenvalue weighted by molar-refractivity contribution is 0.453. The third-order valence-corrected chi connectivity index (χ3v) is 2.84. The van der Waals surface area contributed by atoms with Crippen LogP contribution in [0.3, 0.4) is 0 Å². The second-order valence-corrected chi connectivity index (χ2v) is 3.83. The van der Waals surface area contributed by atoms with E-state index in [9.17, 15) is 13.2 Å². The average Bonchev–Trinajstić information content (AvgIpc) is 2.30. The van der Waals surface area contributed by atoms with E-state index in [1.807, 2.05) is 6.92 Å². The van der Waals surface area contributed by atoms with Gasteiger partial charge >= 0.3 is 0 Å². The molecule has 0 unspecified atom stereocenters. The minimum atomic E-state index is -1.52. The second-order valence-electron chi connectivity index (χ2n) is 3.83. The van der Waals surface area contributed by atoms with Crippen molar-refractivity contribution in [3.63, 3.8) is 0 Å². The van der Waals surface area contributed by atoms with Crippen LogP contribution in [0.5, 0.6) is 0 Å². The predicted octanol–water partition coefficient (Wildman–Crippen LogP) is 3.11. The maximum Gasteiger partial charge on any atom is 0.195 e. The molecule has 90 valence electrons. The third-order valence-electron chi connectivity index (χ3n) is 2.84. The summed E-state index contributed by atoms with van der Waals surface area (Å²) in [4.78, 5) is 4.09. The molecule has 0 aliphatic rings. The zero-order valence-corrected chi connectivity index (χ0v) is 9.44. The zero-order chi connectivity index (χ0) is 12.7. The summed E-state index contributed by atoms with van der Waals surface area (Å²) in [6, 6.07) is 0.864. The maximum atomic E-state index is 13.6. The number of nitrogens with zero attached hydrogens (tertiary/aromatic N) is 1. The quantitative estimate of drug-likeness (QED) is 0.778. The molecule has 0 saturated carbocycles. The number of pyridine rings is 1. The first kappa shape index (κ1) is 11.7. The Labute approximate surface area is 96.3 Å². The van der Waals surface area contributed by atoms with Gasteiger partial charge in [0.25, 0.3) is 0 Å². The number of aromatic nitrogens is 1. The molecular formula is C12H11F3N2. The number of aryl methyl sites for hydroxylation is 1. The zero-order valence-electron chi connectivity index (χ0n) is 9.44. The number of halogens is 3. The monoisotopic (exact) mass is 240 g/mol. The van der Waals surface area contributed by atoms with Gasteiger partial charge in [0, 0.05) is 17.4 Å². The molecule has 0 aliphatic carbocycles. The molecule has 1 aromatic heterocycles. The first-order chi connectivity index (χ1) is 7.97. The fraction of sp³-hybridized carbons (Fsp3) is 0.250. The molecule has 2 aromatic rings. The summed E-state index contributed by atoms with van der Waals surface area (Å²) in [7, 11) is 0. The molecule has 0 radical (unpaired) electrons.